The fourth-order valence-corrected chi connectivity index (χ4v) is 1.15. The van der Waals surface area contributed by atoms with Gasteiger partial charge in [-0.05, 0) is 12.1 Å². The number of para-hydroxylation sites is 1. The first-order valence-electron chi connectivity index (χ1n) is 3.01. The molecule has 0 N–H and O–H groups in total. The van der Waals surface area contributed by atoms with Crippen LogP contribution >= 0.6 is 12.6 Å². The lowest BCUT2D eigenvalue weighted by atomic mass is 10.3. The van der Waals surface area contributed by atoms with Gasteiger partial charge in [-0.15, -0.1) is 17.0 Å². The third kappa shape index (κ3) is 0.991. The molecule has 2 aromatic rings. The van der Waals surface area contributed by atoms with Gasteiger partial charge in [0, 0.05) is 4.90 Å². The Morgan fingerprint density at radius 2 is 2.27 bits per heavy atom. The second kappa shape index (κ2) is 2.23. The Balaban J connectivity index is 2.90. The molecule has 0 saturated heterocycles. The normalized spacial score (nSPS) is 10.7. The lowest BCUT2D eigenvalue weighted by Crippen LogP contribution is -1.68. The quantitative estimate of drug-likeness (QED) is 0.612. The van der Waals surface area contributed by atoms with Crippen molar-refractivity contribution in [2.45, 2.75) is 4.90 Å². The van der Waals surface area contributed by atoms with E-state index in [4.69, 9.17) is 0 Å². The highest BCUT2D eigenvalue weighted by molar-refractivity contribution is 7.80. The van der Waals surface area contributed by atoms with Gasteiger partial charge in [0.05, 0.1) is 0 Å². The van der Waals surface area contributed by atoms with Crippen LogP contribution in [0.3, 0.4) is 0 Å². The van der Waals surface area contributed by atoms with Crippen molar-refractivity contribution < 1.29 is 8.81 Å². The molecule has 0 bridgehead atoms. The number of benzene rings is 1. The lowest BCUT2D eigenvalue weighted by Gasteiger charge is -1.87. The number of hydrogen-bond acceptors (Lipinski definition) is 3. The van der Waals surface area contributed by atoms with Gasteiger partial charge in [0.25, 0.3) is 0 Å². The highest BCUT2D eigenvalue weighted by atomic mass is 32.1. The first kappa shape index (κ1) is 6.67. The summed E-state index contributed by atoms with van der Waals surface area (Å²) in [5.74, 6) is 0. The number of fused-ring (bicyclic) bond motifs is 1. The van der Waals surface area contributed by atoms with Crippen LogP contribution in [0, 0.1) is 6.14 Å². The molecule has 0 aliphatic carbocycles. The second-order valence-corrected chi connectivity index (χ2v) is 2.57. The molecule has 0 aliphatic heterocycles. The van der Waals surface area contributed by atoms with Gasteiger partial charge in [0.15, 0.2) is 5.58 Å². The molecule has 56 valence electrons. The number of halogens is 1. The highest BCUT2D eigenvalue weighted by Crippen LogP contribution is 2.21. The van der Waals surface area contributed by atoms with Crippen LogP contribution in [0.5, 0.6) is 0 Å². The molecule has 1 heterocycles. The zero-order chi connectivity index (χ0) is 7.84. The maximum atomic E-state index is 12.4. The fraction of sp³-hybridized carbons (Fsp3) is 0. The molecule has 11 heavy (non-hydrogen) atoms. The van der Waals surface area contributed by atoms with Crippen molar-refractivity contribution in [3.8, 4) is 0 Å². The van der Waals surface area contributed by atoms with E-state index < -0.39 is 6.14 Å². The van der Waals surface area contributed by atoms with E-state index in [9.17, 15) is 4.39 Å². The van der Waals surface area contributed by atoms with E-state index in [0.29, 0.717) is 16.0 Å². The summed E-state index contributed by atoms with van der Waals surface area (Å²) in [4.78, 5) is 4.09. The molecule has 0 unspecified atom stereocenters. The number of nitrogens with zero attached hydrogens (tertiary/aromatic N) is 1. The number of oxazole rings is 1. The van der Waals surface area contributed by atoms with Crippen LogP contribution in [0.1, 0.15) is 0 Å². The van der Waals surface area contributed by atoms with Gasteiger partial charge in [-0.3, -0.25) is 0 Å². The van der Waals surface area contributed by atoms with E-state index in [1.165, 1.54) is 0 Å². The van der Waals surface area contributed by atoms with Gasteiger partial charge in [-0.2, -0.15) is 4.98 Å². The van der Waals surface area contributed by atoms with Gasteiger partial charge in [-0.25, -0.2) is 0 Å². The summed E-state index contributed by atoms with van der Waals surface area (Å²) in [6, 6.07) is 5.13. The Kier molecular flexibility index (Phi) is 1.35. The Bertz CT molecular complexity index is 398. The van der Waals surface area contributed by atoms with E-state index in [0.717, 1.165) is 0 Å². The molecular formula is C7H4FNOS. The smallest absolute Gasteiger partial charge is 0.382 e. The van der Waals surface area contributed by atoms with Crippen molar-refractivity contribution in [2.24, 2.45) is 0 Å². The molecule has 4 heteroatoms. The molecule has 0 saturated carbocycles. The first-order valence-corrected chi connectivity index (χ1v) is 3.46. The molecule has 0 radical (unpaired) electrons. The standard InChI is InChI=1S/C7H4FNOS/c8-7-9-4-2-1-3-5(11)6(4)10-7/h1-3,11H. The Hall–Kier alpha value is -1.03. The lowest BCUT2D eigenvalue weighted by molar-refractivity contribution is 0.353. The summed E-state index contributed by atoms with van der Waals surface area (Å²) in [5.41, 5.74) is 0.892. The van der Waals surface area contributed by atoms with Crippen LogP contribution in [0.15, 0.2) is 27.5 Å². The minimum absolute atomic E-state index is 0.397. The zero-order valence-electron chi connectivity index (χ0n) is 5.41. The van der Waals surface area contributed by atoms with Crippen LogP contribution < -0.4 is 0 Å². The number of hydrogen-bond donors (Lipinski definition) is 1. The summed E-state index contributed by atoms with van der Waals surface area (Å²) in [5, 5.41) is 0. The maximum absolute atomic E-state index is 12.4. The van der Waals surface area contributed by atoms with Crippen LogP contribution in [-0.4, -0.2) is 4.98 Å². The molecule has 2 rings (SSSR count). The molecule has 0 atom stereocenters. The zero-order valence-corrected chi connectivity index (χ0v) is 6.31. The fourth-order valence-electron chi connectivity index (χ4n) is 0.907. The minimum Gasteiger partial charge on any atom is -0.414 e. The average molecular weight is 169 g/mol. The third-order valence-corrected chi connectivity index (χ3v) is 1.72. The van der Waals surface area contributed by atoms with Gasteiger partial charge in [0.2, 0.25) is 0 Å². The average Bonchev–Trinajstić information content (AvgIpc) is 2.31. The van der Waals surface area contributed by atoms with Gasteiger partial charge in [-0.1, -0.05) is 6.07 Å². The molecule has 1 aromatic heterocycles. The van der Waals surface area contributed by atoms with Gasteiger partial charge >= 0.3 is 6.14 Å². The summed E-state index contributed by atoms with van der Waals surface area (Å²) in [6.07, 6.45) is -0.818. The Labute approximate surface area is 67.4 Å². The molecule has 0 fully saturated rings. The topological polar surface area (TPSA) is 26.0 Å². The van der Waals surface area contributed by atoms with Crippen molar-refractivity contribution in [3.63, 3.8) is 0 Å². The molecular weight excluding hydrogens is 165 g/mol. The number of rotatable bonds is 0. The highest BCUT2D eigenvalue weighted by Gasteiger charge is 2.05. The predicted molar refractivity (Wildman–Crippen MR) is 41.2 cm³/mol. The summed E-state index contributed by atoms with van der Waals surface area (Å²) >= 11 is 4.06. The molecule has 0 amide bonds. The van der Waals surface area contributed by atoms with Crippen molar-refractivity contribution in [1.82, 2.24) is 4.98 Å². The first-order chi connectivity index (χ1) is 5.27. The Morgan fingerprint density at radius 1 is 1.45 bits per heavy atom. The maximum Gasteiger partial charge on any atom is 0.382 e. The van der Waals surface area contributed by atoms with E-state index in [2.05, 4.69) is 22.0 Å². The number of thiol groups is 1. The van der Waals surface area contributed by atoms with E-state index in [-0.39, 0.29) is 0 Å². The SMILES string of the molecule is Fc1nc2cccc(S)c2o1. The van der Waals surface area contributed by atoms with Crippen LogP contribution in [0.2, 0.25) is 0 Å². The minimum atomic E-state index is -0.818. The van der Waals surface area contributed by atoms with E-state index >= 15 is 0 Å². The van der Waals surface area contributed by atoms with Crippen molar-refractivity contribution >= 4 is 23.7 Å². The number of aromatic nitrogens is 1. The van der Waals surface area contributed by atoms with E-state index in [1.807, 2.05) is 0 Å². The molecule has 1 aromatic carbocycles. The van der Waals surface area contributed by atoms with E-state index in [1.54, 1.807) is 18.2 Å². The molecule has 0 spiro atoms. The third-order valence-electron chi connectivity index (χ3n) is 1.37. The molecule has 0 aliphatic rings. The van der Waals surface area contributed by atoms with Crippen molar-refractivity contribution in [3.05, 3.63) is 24.3 Å². The molecule has 2 nitrogen and oxygen atoms in total. The van der Waals surface area contributed by atoms with Gasteiger partial charge in [0.1, 0.15) is 5.52 Å². The monoisotopic (exact) mass is 169 g/mol. The van der Waals surface area contributed by atoms with Crippen molar-refractivity contribution in [1.29, 1.82) is 0 Å². The summed E-state index contributed by atoms with van der Waals surface area (Å²) in [6.45, 7) is 0. The summed E-state index contributed by atoms with van der Waals surface area (Å²) in [7, 11) is 0. The van der Waals surface area contributed by atoms with Crippen LogP contribution in [-0.2, 0) is 0 Å². The summed E-state index contributed by atoms with van der Waals surface area (Å²) < 4.78 is 17.0. The Morgan fingerprint density at radius 3 is 3.00 bits per heavy atom. The predicted octanol–water partition coefficient (Wildman–Crippen LogP) is 2.26. The second-order valence-electron chi connectivity index (χ2n) is 2.09. The van der Waals surface area contributed by atoms with Crippen LogP contribution in [0.4, 0.5) is 4.39 Å². The van der Waals surface area contributed by atoms with Gasteiger partial charge < -0.3 is 4.42 Å². The largest absolute Gasteiger partial charge is 0.414 e. The van der Waals surface area contributed by atoms with Crippen LogP contribution in [0.25, 0.3) is 11.1 Å². The van der Waals surface area contributed by atoms with Crippen molar-refractivity contribution in [2.75, 3.05) is 0 Å².